The Labute approximate surface area is 121 Å². The molecule has 0 atom stereocenters. The fourth-order valence-corrected chi connectivity index (χ4v) is 2.47. The van der Waals surface area contributed by atoms with Gasteiger partial charge in [0, 0.05) is 0 Å². The Balaban J connectivity index is 1.88. The Hall–Kier alpha value is -2.15. The molecule has 2 aromatic carbocycles. The van der Waals surface area contributed by atoms with E-state index in [0.717, 1.165) is 6.07 Å². The predicted octanol–water partition coefficient (Wildman–Crippen LogP) is 2.79. The topological polar surface area (TPSA) is 55.4 Å². The Morgan fingerprint density at radius 1 is 1.00 bits per heavy atom. The van der Waals surface area contributed by atoms with E-state index < -0.39 is 21.7 Å². The third-order valence-corrected chi connectivity index (χ3v) is 3.78. The number of anilines is 1. The highest BCUT2D eigenvalue weighted by Gasteiger charge is 2.11. The highest BCUT2D eigenvalue weighted by molar-refractivity contribution is 7.92. The van der Waals surface area contributed by atoms with E-state index in [1.165, 1.54) is 42.5 Å². The van der Waals surface area contributed by atoms with Crippen LogP contribution < -0.4 is 9.46 Å². The highest BCUT2D eigenvalue weighted by Crippen LogP contribution is 2.13. The average Bonchev–Trinajstić information content (AvgIpc) is 2.40. The van der Waals surface area contributed by atoms with Crippen molar-refractivity contribution in [3.63, 3.8) is 0 Å². The molecule has 2 aromatic rings. The number of rotatable bonds is 6. The van der Waals surface area contributed by atoms with Crippen LogP contribution in [0.2, 0.25) is 0 Å². The summed E-state index contributed by atoms with van der Waals surface area (Å²) in [5.41, 5.74) is 0.150. The number of nitrogens with one attached hydrogen (secondary N) is 1. The van der Waals surface area contributed by atoms with Gasteiger partial charge in [-0.1, -0.05) is 6.07 Å². The van der Waals surface area contributed by atoms with Gasteiger partial charge in [-0.2, -0.15) is 0 Å². The molecule has 4 nitrogen and oxygen atoms in total. The van der Waals surface area contributed by atoms with E-state index in [-0.39, 0.29) is 18.0 Å². The van der Waals surface area contributed by atoms with Gasteiger partial charge in [-0.3, -0.25) is 4.72 Å². The summed E-state index contributed by atoms with van der Waals surface area (Å²) in [5.74, 6) is -0.862. The SMILES string of the molecule is O=S(=O)(CCOc1ccc(F)cc1)Nc1cccc(F)c1. The van der Waals surface area contributed by atoms with E-state index in [9.17, 15) is 17.2 Å². The molecule has 0 bridgehead atoms. The lowest BCUT2D eigenvalue weighted by atomic mass is 10.3. The number of hydrogen-bond donors (Lipinski definition) is 1. The van der Waals surface area contributed by atoms with Gasteiger partial charge in [0.15, 0.2) is 0 Å². The molecular formula is C14H13F2NO3S. The van der Waals surface area contributed by atoms with E-state index in [4.69, 9.17) is 4.74 Å². The van der Waals surface area contributed by atoms with E-state index in [0.29, 0.717) is 5.75 Å². The first-order valence-electron chi connectivity index (χ1n) is 6.09. The summed E-state index contributed by atoms with van der Waals surface area (Å²) in [6.45, 7) is -0.101. The summed E-state index contributed by atoms with van der Waals surface area (Å²) < 4.78 is 56.6. The second kappa shape index (κ2) is 6.53. The number of sulfonamides is 1. The van der Waals surface area contributed by atoms with Gasteiger partial charge in [-0.15, -0.1) is 0 Å². The van der Waals surface area contributed by atoms with Gasteiger partial charge in [-0.05, 0) is 42.5 Å². The maximum atomic E-state index is 13.0. The lowest BCUT2D eigenvalue weighted by Crippen LogP contribution is -2.21. The lowest BCUT2D eigenvalue weighted by molar-refractivity contribution is 0.340. The van der Waals surface area contributed by atoms with Crippen molar-refractivity contribution in [3.8, 4) is 5.75 Å². The summed E-state index contributed by atoms with van der Waals surface area (Å²) in [5, 5.41) is 0. The van der Waals surface area contributed by atoms with Crippen LogP contribution in [0, 0.1) is 11.6 Å². The maximum absolute atomic E-state index is 13.0. The second-order valence-electron chi connectivity index (χ2n) is 4.23. The molecule has 2 rings (SSSR count). The molecule has 0 saturated heterocycles. The van der Waals surface area contributed by atoms with Gasteiger partial charge in [0.2, 0.25) is 10.0 Å². The van der Waals surface area contributed by atoms with E-state index in [2.05, 4.69) is 4.72 Å². The Morgan fingerprint density at radius 3 is 2.38 bits per heavy atom. The van der Waals surface area contributed by atoms with Crippen molar-refractivity contribution in [1.82, 2.24) is 0 Å². The van der Waals surface area contributed by atoms with Crippen LogP contribution in [-0.4, -0.2) is 20.8 Å². The predicted molar refractivity (Wildman–Crippen MR) is 75.7 cm³/mol. The Morgan fingerprint density at radius 2 is 1.71 bits per heavy atom. The molecule has 0 spiro atoms. The average molecular weight is 313 g/mol. The van der Waals surface area contributed by atoms with E-state index in [1.807, 2.05) is 0 Å². The highest BCUT2D eigenvalue weighted by atomic mass is 32.2. The van der Waals surface area contributed by atoms with Crippen LogP contribution >= 0.6 is 0 Å². The van der Waals surface area contributed by atoms with Crippen LogP contribution in [0.15, 0.2) is 48.5 Å². The van der Waals surface area contributed by atoms with Crippen molar-refractivity contribution < 1.29 is 21.9 Å². The molecular weight excluding hydrogens is 300 g/mol. The molecule has 0 aliphatic carbocycles. The fourth-order valence-electron chi connectivity index (χ4n) is 1.58. The lowest BCUT2D eigenvalue weighted by Gasteiger charge is -2.09. The number of ether oxygens (including phenoxy) is 1. The van der Waals surface area contributed by atoms with Gasteiger partial charge in [0.1, 0.15) is 29.7 Å². The monoisotopic (exact) mass is 313 g/mol. The second-order valence-corrected chi connectivity index (χ2v) is 6.08. The van der Waals surface area contributed by atoms with Crippen molar-refractivity contribution in [1.29, 1.82) is 0 Å². The zero-order valence-electron chi connectivity index (χ0n) is 10.9. The Kier molecular flexibility index (Phi) is 4.74. The van der Waals surface area contributed by atoms with E-state index >= 15 is 0 Å². The maximum Gasteiger partial charge on any atom is 0.236 e. The van der Waals surface area contributed by atoms with Crippen LogP contribution in [0.3, 0.4) is 0 Å². The van der Waals surface area contributed by atoms with Crippen LogP contribution in [0.25, 0.3) is 0 Å². The van der Waals surface area contributed by atoms with Crippen molar-refractivity contribution in [3.05, 3.63) is 60.2 Å². The molecule has 0 radical (unpaired) electrons. The van der Waals surface area contributed by atoms with Crippen molar-refractivity contribution >= 4 is 15.7 Å². The van der Waals surface area contributed by atoms with Crippen molar-refractivity contribution in [2.75, 3.05) is 17.1 Å². The molecule has 0 heterocycles. The minimum Gasteiger partial charge on any atom is -0.492 e. The molecule has 0 aromatic heterocycles. The van der Waals surface area contributed by atoms with Crippen LogP contribution in [0.1, 0.15) is 0 Å². The first-order chi connectivity index (χ1) is 9.94. The first kappa shape index (κ1) is 15.2. The molecule has 0 aliphatic rings. The summed E-state index contributed by atoms with van der Waals surface area (Å²) in [7, 11) is -3.65. The smallest absolute Gasteiger partial charge is 0.236 e. The summed E-state index contributed by atoms with van der Waals surface area (Å²) in [6, 6.07) is 10.4. The quantitative estimate of drug-likeness (QED) is 0.892. The zero-order chi connectivity index (χ0) is 15.3. The summed E-state index contributed by atoms with van der Waals surface area (Å²) in [4.78, 5) is 0. The molecule has 0 aliphatic heterocycles. The molecule has 0 amide bonds. The number of halogens is 2. The first-order valence-corrected chi connectivity index (χ1v) is 7.74. The summed E-state index contributed by atoms with van der Waals surface area (Å²) >= 11 is 0. The van der Waals surface area contributed by atoms with Gasteiger partial charge >= 0.3 is 0 Å². The fraction of sp³-hybridized carbons (Fsp3) is 0.143. The Bertz CT molecular complexity index is 702. The minimum atomic E-state index is -3.65. The molecule has 7 heteroatoms. The minimum absolute atomic E-state index is 0.101. The molecule has 21 heavy (non-hydrogen) atoms. The summed E-state index contributed by atoms with van der Waals surface area (Å²) in [6.07, 6.45) is 0. The third-order valence-electron chi connectivity index (χ3n) is 2.53. The molecule has 0 fully saturated rings. The molecule has 1 N–H and O–H groups in total. The van der Waals surface area contributed by atoms with Gasteiger partial charge in [0.25, 0.3) is 0 Å². The van der Waals surface area contributed by atoms with Crippen LogP contribution in [0.4, 0.5) is 14.5 Å². The molecule has 0 saturated carbocycles. The third kappa shape index (κ3) is 5.03. The normalized spacial score (nSPS) is 11.1. The standard InChI is InChI=1S/C14H13F2NO3S/c15-11-4-6-14(7-5-11)20-8-9-21(18,19)17-13-3-1-2-12(16)10-13/h1-7,10,17H,8-9H2. The number of benzene rings is 2. The van der Waals surface area contributed by atoms with Crippen molar-refractivity contribution in [2.24, 2.45) is 0 Å². The molecule has 112 valence electrons. The van der Waals surface area contributed by atoms with Gasteiger partial charge in [-0.25, -0.2) is 17.2 Å². The van der Waals surface area contributed by atoms with Crippen LogP contribution in [0.5, 0.6) is 5.75 Å². The van der Waals surface area contributed by atoms with Crippen molar-refractivity contribution in [2.45, 2.75) is 0 Å². The van der Waals surface area contributed by atoms with Gasteiger partial charge in [0.05, 0.1) is 5.69 Å². The number of hydrogen-bond acceptors (Lipinski definition) is 3. The molecule has 0 unspecified atom stereocenters. The zero-order valence-corrected chi connectivity index (χ0v) is 11.7. The van der Waals surface area contributed by atoms with E-state index in [1.54, 1.807) is 0 Å². The van der Waals surface area contributed by atoms with Gasteiger partial charge < -0.3 is 4.74 Å². The largest absolute Gasteiger partial charge is 0.492 e. The van der Waals surface area contributed by atoms with Crippen LogP contribution in [-0.2, 0) is 10.0 Å².